The number of hydrogen-bond acceptors (Lipinski definition) is 4. The molecule has 0 heterocycles. The number of benzene rings is 2. The second kappa shape index (κ2) is 9.24. The first-order chi connectivity index (χ1) is 12.4. The standard InChI is InChI=1S/C19H25N3O3S/c1-25-18-9-7-15(8-10-18)11-12-21-19(20)22-13-16-5-3-4-6-17(16)14-26(2,23)24/h3-10H,11-14H2,1-2H3,(H3,20,21,22). The normalized spacial score (nSPS) is 12.0. The Morgan fingerprint density at radius 1 is 1.12 bits per heavy atom. The maximum absolute atomic E-state index is 11.5. The molecule has 0 fully saturated rings. The van der Waals surface area contributed by atoms with Crippen molar-refractivity contribution < 1.29 is 13.2 Å². The molecule has 2 aromatic carbocycles. The summed E-state index contributed by atoms with van der Waals surface area (Å²) < 4.78 is 28.2. The fourth-order valence-corrected chi connectivity index (χ4v) is 3.33. The maximum Gasteiger partial charge on any atom is 0.188 e. The summed E-state index contributed by atoms with van der Waals surface area (Å²) in [6.45, 7) is 1.000. The SMILES string of the molecule is COc1ccc(CCNC(N)=NCc2ccccc2CS(C)(=O)=O)cc1. The zero-order valence-electron chi connectivity index (χ0n) is 15.1. The highest BCUT2D eigenvalue weighted by molar-refractivity contribution is 7.89. The molecular weight excluding hydrogens is 350 g/mol. The molecule has 140 valence electrons. The van der Waals surface area contributed by atoms with E-state index in [2.05, 4.69) is 10.3 Å². The highest BCUT2D eigenvalue weighted by Crippen LogP contribution is 2.13. The van der Waals surface area contributed by atoms with E-state index in [9.17, 15) is 8.42 Å². The van der Waals surface area contributed by atoms with Gasteiger partial charge in [0.1, 0.15) is 5.75 Å². The fourth-order valence-electron chi connectivity index (χ4n) is 2.49. The Balaban J connectivity index is 1.88. The van der Waals surface area contributed by atoms with Crippen molar-refractivity contribution in [3.05, 3.63) is 65.2 Å². The monoisotopic (exact) mass is 375 g/mol. The molecule has 0 amide bonds. The van der Waals surface area contributed by atoms with E-state index in [4.69, 9.17) is 10.5 Å². The van der Waals surface area contributed by atoms with Gasteiger partial charge in [0, 0.05) is 12.8 Å². The van der Waals surface area contributed by atoms with Crippen molar-refractivity contribution in [3.63, 3.8) is 0 Å². The molecule has 0 unspecified atom stereocenters. The van der Waals surface area contributed by atoms with Crippen molar-refractivity contribution in [3.8, 4) is 5.75 Å². The molecular formula is C19H25N3O3S. The Labute approximate surface area is 155 Å². The fraction of sp³-hybridized carbons (Fsp3) is 0.316. The lowest BCUT2D eigenvalue weighted by molar-refractivity contribution is 0.414. The zero-order chi connectivity index (χ0) is 19.0. The first-order valence-electron chi connectivity index (χ1n) is 8.28. The summed E-state index contributed by atoms with van der Waals surface area (Å²) in [7, 11) is -1.45. The summed E-state index contributed by atoms with van der Waals surface area (Å²) in [6, 6.07) is 15.2. The minimum atomic E-state index is -3.09. The molecule has 0 saturated carbocycles. The van der Waals surface area contributed by atoms with Gasteiger partial charge in [-0.15, -0.1) is 0 Å². The number of ether oxygens (including phenoxy) is 1. The average molecular weight is 375 g/mol. The van der Waals surface area contributed by atoms with Crippen LogP contribution in [0.4, 0.5) is 0 Å². The van der Waals surface area contributed by atoms with Crippen LogP contribution in [0, 0.1) is 0 Å². The van der Waals surface area contributed by atoms with Crippen molar-refractivity contribution in [2.24, 2.45) is 10.7 Å². The summed E-state index contributed by atoms with van der Waals surface area (Å²) in [5, 5.41) is 3.08. The number of nitrogens with zero attached hydrogens (tertiary/aromatic N) is 1. The number of sulfone groups is 1. The topological polar surface area (TPSA) is 93.8 Å². The zero-order valence-corrected chi connectivity index (χ0v) is 15.9. The van der Waals surface area contributed by atoms with E-state index >= 15 is 0 Å². The summed E-state index contributed by atoms with van der Waals surface area (Å²) in [6.07, 6.45) is 2.03. The first kappa shape index (κ1) is 19.8. The number of aliphatic imine (C=N–C) groups is 1. The number of nitrogens with two attached hydrogens (primary N) is 1. The van der Waals surface area contributed by atoms with E-state index in [0.717, 1.165) is 23.3 Å². The van der Waals surface area contributed by atoms with Gasteiger partial charge in [0.15, 0.2) is 15.8 Å². The van der Waals surface area contributed by atoms with Gasteiger partial charge in [0.2, 0.25) is 0 Å². The van der Waals surface area contributed by atoms with Crippen LogP contribution < -0.4 is 15.8 Å². The van der Waals surface area contributed by atoms with Gasteiger partial charge in [-0.3, -0.25) is 0 Å². The van der Waals surface area contributed by atoms with Crippen molar-refractivity contribution in [1.29, 1.82) is 0 Å². The summed E-state index contributed by atoms with van der Waals surface area (Å²) in [5.74, 6) is 1.17. The lowest BCUT2D eigenvalue weighted by Crippen LogP contribution is -2.33. The van der Waals surface area contributed by atoms with Crippen molar-refractivity contribution in [2.45, 2.75) is 18.7 Å². The molecule has 0 aliphatic rings. The first-order valence-corrected chi connectivity index (χ1v) is 10.3. The molecule has 2 rings (SSSR count). The quantitative estimate of drug-likeness (QED) is 0.543. The maximum atomic E-state index is 11.5. The van der Waals surface area contributed by atoms with Gasteiger partial charge in [0.25, 0.3) is 0 Å². The molecule has 6 nitrogen and oxygen atoms in total. The smallest absolute Gasteiger partial charge is 0.188 e. The second-order valence-corrected chi connectivity index (χ2v) is 8.21. The van der Waals surface area contributed by atoms with Gasteiger partial charge < -0.3 is 15.8 Å². The van der Waals surface area contributed by atoms with Crippen LogP contribution in [-0.4, -0.2) is 34.3 Å². The van der Waals surface area contributed by atoms with Crippen LogP contribution in [0.15, 0.2) is 53.5 Å². The van der Waals surface area contributed by atoms with E-state index in [0.29, 0.717) is 19.0 Å². The molecule has 0 aliphatic carbocycles. The van der Waals surface area contributed by atoms with Crippen LogP contribution in [0.2, 0.25) is 0 Å². The minimum absolute atomic E-state index is 0.00347. The van der Waals surface area contributed by atoms with E-state index in [1.165, 1.54) is 11.8 Å². The van der Waals surface area contributed by atoms with Crippen molar-refractivity contribution in [2.75, 3.05) is 19.9 Å². The number of nitrogens with one attached hydrogen (secondary N) is 1. The lowest BCUT2D eigenvalue weighted by atomic mass is 10.1. The van der Waals surface area contributed by atoms with Crippen LogP contribution in [0.25, 0.3) is 0 Å². The molecule has 0 bridgehead atoms. The second-order valence-electron chi connectivity index (χ2n) is 6.07. The molecule has 2 aromatic rings. The Hall–Kier alpha value is -2.54. The van der Waals surface area contributed by atoms with Crippen molar-refractivity contribution >= 4 is 15.8 Å². The van der Waals surface area contributed by atoms with Gasteiger partial charge in [-0.05, 0) is 35.2 Å². The summed E-state index contributed by atoms with van der Waals surface area (Å²) >= 11 is 0. The van der Waals surface area contributed by atoms with Gasteiger partial charge in [0.05, 0.1) is 19.4 Å². The number of methoxy groups -OCH3 is 1. The predicted molar refractivity (Wildman–Crippen MR) is 105 cm³/mol. The van der Waals surface area contributed by atoms with E-state index in [1.807, 2.05) is 42.5 Å². The summed E-state index contributed by atoms with van der Waals surface area (Å²) in [5.41, 5.74) is 8.69. The van der Waals surface area contributed by atoms with E-state index in [-0.39, 0.29) is 5.75 Å². The average Bonchev–Trinajstić information content (AvgIpc) is 2.60. The lowest BCUT2D eigenvalue weighted by Gasteiger charge is -2.09. The number of hydrogen-bond donors (Lipinski definition) is 2. The minimum Gasteiger partial charge on any atom is -0.497 e. The molecule has 0 radical (unpaired) electrons. The van der Waals surface area contributed by atoms with Gasteiger partial charge in [-0.2, -0.15) is 0 Å². The third kappa shape index (κ3) is 6.76. The van der Waals surface area contributed by atoms with E-state index < -0.39 is 9.84 Å². The Bertz CT molecular complexity index is 847. The Morgan fingerprint density at radius 3 is 2.38 bits per heavy atom. The Morgan fingerprint density at radius 2 is 1.77 bits per heavy atom. The van der Waals surface area contributed by atoms with Gasteiger partial charge in [-0.1, -0.05) is 36.4 Å². The highest BCUT2D eigenvalue weighted by Gasteiger charge is 2.08. The van der Waals surface area contributed by atoms with E-state index in [1.54, 1.807) is 13.2 Å². The molecule has 26 heavy (non-hydrogen) atoms. The molecule has 3 N–H and O–H groups in total. The molecule has 0 saturated heterocycles. The van der Waals surface area contributed by atoms with Gasteiger partial charge >= 0.3 is 0 Å². The van der Waals surface area contributed by atoms with Crippen LogP contribution in [0.5, 0.6) is 5.75 Å². The largest absolute Gasteiger partial charge is 0.497 e. The van der Waals surface area contributed by atoms with Crippen LogP contribution in [-0.2, 0) is 28.6 Å². The Kier molecular flexibility index (Phi) is 7.03. The van der Waals surface area contributed by atoms with Crippen LogP contribution in [0.3, 0.4) is 0 Å². The third-order valence-corrected chi connectivity index (χ3v) is 4.67. The van der Waals surface area contributed by atoms with Gasteiger partial charge in [-0.25, -0.2) is 13.4 Å². The molecule has 0 atom stereocenters. The molecule has 7 heteroatoms. The molecule has 0 aliphatic heterocycles. The number of rotatable bonds is 8. The number of guanidine groups is 1. The van der Waals surface area contributed by atoms with Crippen LogP contribution in [0.1, 0.15) is 16.7 Å². The third-order valence-electron chi connectivity index (χ3n) is 3.83. The highest BCUT2D eigenvalue weighted by atomic mass is 32.2. The molecule has 0 spiro atoms. The predicted octanol–water partition coefficient (Wildman–Crippen LogP) is 1.89. The molecule has 0 aromatic heterocycles. The van der Waals surface area contributed by atoms with Crippen LogP contribution >= 0.6 is 0 Å². The van der Waals surface area contributed by atoms with Crippen molar-refractivity contribution in [1.82, 2.24) is 5.32 Å². The summed E-state index contributed by atoms with van der Waals surface area (Å²) in [4.78, 5) is 4.31.